The van der Waals surface area contributed by atoms with Crippen LogP contribution in [0.4, 0.5) is 20.7 Å². The molecule has 196 valence electrons. The molecule has 6 rings (SSSR count). The number of hydrogen-bond donors (Lipinski definition) is 1. The molecule has 2 atom stereocenters. The molecule has 1 saturated heterocycles. The van der Waals surface area contributed by atoms with E-state index in [4.69, 9.17) is 18.9 Å². The van der Waals surface area contributed by atoms with E-state index in [2.05, 4.69) is 20.3 Å². The molecule has 1 amide bonds. The summed E-state index contributed by atoms with van der Waals surface area (Å²) in [6, 6.07) is 11.6. The molecule has 0 saturated carbocycles. The molecule has 0 bridgehead atoms. The lowest BCUT2D eigenvalue weighted by molar-refractivity contribution is -0.0230. The number of halogens is 1. The summed E-state index contributed by atoms with van der Waals surface area (Å²) in [5, 5.41) is 2.69. The van der Waals surface area contributed by atoms with Gasteiger partial charge in [-0.3, -0.25) is 9.88 Å². The summed E-state index contributed by atoms with van der Waals surface area (Å²) in [5.74, 6) is 1.56. The third-order valence-corrected chi connectivity index (χ3v) is 6.42. The lowest BCUT2D eigenvalue weighted by atomic mass is 10.2. The number of amides is 1. The quantitative estimate of drug-likeness (QED) is 0.382. The number of carbonyl (C=O) groups excluding carboxylic acids is 1. The average Bonchev–Trinajstić information content (AvgIpc) is 3.66. The number of anilines is 2. The molecule has 1 N–H and O–H groups in total. The number of fused-ring (bicyclic) bond motifs is 2. The van der Waals surface area contributed by atoms with Gasteiger partial charge in [-0.15, -0.1) is 0 Å². The predicted molar refractivity (Wildman–Crippen MR) is 135 cm³/mol. The maximum absolute atomic E-state index is 13.6. The van der Waals surface area contributed by atoms with Gasteiger partial charge >= 0.3 is 6.09 Å². The Morgan fingerprint density at radius 2 is 2.05 bits per heavy atom. The number of hydrogen-bond acceptors (Lipinski definition) is 9. The van der Waals surface area contributed by atoms with Gasteiger partial charge in [-0.05, 0) is 42.7 Å². The summed E-state index contributed by atoms with van der Waals surface area (Å²) in [7, 11) is 1.87. The van der Waals surface area contributed by atoms with Crippen molar-refractivity contribution in [3.8, 4) is 11.5 Å². The van der Waals surface area contributed by atoms with Crippen LogP contribution in [-0.2, 0) is 16.0 Å². The SMILES string of the molecule is CN(Cc1cccc(F)c1)c1ncnc2c1ncn2[C@H]1CCC(COC(=O)Nc2ccc3c(c2)OCO3)O1. The highest BCUT2D eigenvalue weighted by molar-refractivity contribution is 5.85. The van der Waals surface area contributed by atoms with Crippen LogP contribution in [0.1, 0.15) is 24.6 Å². The summed E-state index contributed by atoms with van der Waals surface area (Å²) >= 11 is 0. The zero-order valence-corrected chi connectivity index (χ0v) is 20.5. The molecule has 2 aliphatic rings. The highest BCUT2D eigenvalue weighted by Gasteiger charge is 2.29. The fraction of sp³-hybridized carbons (Fsp3) is 0.308. The minimum atomic E-state index is -0.581. The van der Waals surface area contributed by atoms with Crippen LogP contribution in [0.2, 0.25) is 0 Å². The average molecular weight is 521 g/mol. The van der Waals surface area contributed by atoms with Crippen LogP contribution >= 0.6 is 0 Å². The van der Waals surface area contributed by atoms with Gasteiger partial charge in [0, 0.05) is 25.3 Å². The van der Waals surface area contributed by atoms with Crippen LogP contribution in [0.25, 0.3) is 11.2 Å². The van der Waals surface area contributed by atoms with Gasteiger partial charge in [0.25, 0.3) is 0 Å². The Morgan fingerprint density at radius 3 is 2.95 bits per heavy atom. The Balaban J connectivity index is 1.07. The van der Waals surface area contributed by atoms with Crippen molar-refractivity contribution in [1.29, 1.82) is 0 Å². The second-order valence-electron chi connectivity index (χ2n) is 9.09. The van der Waals surface area contributed by atoms with E-state index in [0.717, 1.165) is 5.56 Å². The number of carbonyl (C=O) groups is 1. The van der Waals surface area contributed by atoms with E-state index < -0.39 is 6.09 Å². The number of ether oxygens (including phenoxy) is 4. The number of benzene rings is 2. The normalized spacial score (nSPS) is 18.1. The Bertz CT molecular complexity index is 1480. The minimum absolute atomic E-state index is 0.107. The van der Waals surface area contributed by atoms with Crippen LogP contribution in [0, 0.1) is 5.82 Å². The van der Waals surface area contributed by atoms with Crippen LogP contribution in [-0.4, -0.2) is 52.2 Å². The largest absolute Gasteiger partial charge is 0.454 e. The predicted octanol–water partition coefficient (Wildman–Crippen LogP) is 4.26. The summed E-state index contributed by atoms with van der Waals surface area (Å²) in [6.45, 7) is 0.731. The molecule has 1 fully saturated rings. The summed E-state index contributed by atoms with van der Waals surface area (Å²) in [4.78, 5) is 27.6. The van der Waals surface area contributed by atoms with E-state index in [1.807, 2.05) is 22.6 Å². The van der Waals surface area contributed by atoms with Crippen molar-refractivity contribution in [2.45, 2.75) is 31.7 Å². The zero-order valence-electron chi connectivity index (χ0n) is 20.5. The Morgan fingerprint density at radius 1 is 1.16 bits per heavy atom. The number of imidazole rings is 1. The van der Waals surface area contributed by atoms with Crippen molar-refractivity contribution in [3.05, 3.63) is 66.5 Å². The standard InChI is InChI=1S/C26H25FN6O5/c1-32(11-16-3-2-4-17(27)9-16)24-23-25(29-13-28-24)33(14-30-23)22-8-6-19(38-22)12-35-26(34)31-18-5-7-20-21(10-18)37-15-36-20/h2-5,7,9-10,13-14,19,22H,6,8,11-12,15H2,1H3,(H,31,34)/t19?,22-/m1/s1. The monoisotopic (exact) mass is 520 g/mol. The lowest BCUT2D eigenvalue weighted by Crippen LogP contribution is -2.22. The van der Waals surface area contributed by atoms with Gasteiger partial charge in [0.2, 0.25) is 6.79 Å². The first-order valence-electron chi connectivity index (χ1n) is 12.2. The highest BCUT2D eigenvalue weighted by Crippen LogP contribution is 2.35. The molecule has 0 aliphatic carbocycles. The maximum atomic E-state index is 13.6. The maximum Gasteiger partial charge on any atom is 0.411 e. The molecule has 12 heteroatoms. The second-order valence-corrected chi connectivity index (χ2v) is 9.09. The van der Waals surface area contributed by atoms with Gasteiger partial charge in [0.15, 0.2) is 28.5 Å². The molecule has 2 aliphatic heterocycles. The van der Waals surface area contributed by atoms with Gasteiger partial charge < -0.3 is 23.8 Å². The third-order valence-electron chi connectivity index (χ3n) is 6.42. The van der Waals surface area contributed by atoms with Crippen molar-refractivity contribution in [3.63, 3.8) is 0 Å². The smallest absolute Gasteiger partial charge is 0.411 e. The van der Waals surface area contributed by atoms with Crippen molar-refractivity contribution < 1.29 is 28.1 Å². The van der Waals surface area contributed by atoms with Gasteiger partial charge in [-0.25, -0.2) is 24.1 Å². The summed E-state index contributed by atoms with van der Waals surface area (Å²) < 4.78 is 37.6. The fourth-order valence-electron chi connectivity index (χ4n) is 4.62. The van der Waals surface area contributed by atoms with Gasteiger partial charge in [0.1, 0.15) is 25.0 Å². The van der Waals surface area contributed by atoms with Crippen molar-refractivity contribution in [2.24, 2.45) is 0 Å². The van der Waals surface area contributed by atoms with E-state index >= 15 is 0 Å². The van der Waals surface area contributed by atoms with Gasteiger partial charge in [-0.1, -0.05) is 12.1 Å². The number of nitrogens with zero attached hydrogens (tertiary/aromatic N) is 5. The van der Waals surface area contributed by atoms with E-state index in [1.54, 1.807) is 30.6 Å². The summed E-state index contributed by atoms with van der Waals surface area (Å²) in [5.41, 5.74) is 2.63. The Hall–Kier alpha value is -4.45. The number of rotatable bonds is 7. The number of nitrogens with one attached hydrogen (secondary N) is 1. The Labute approximate surface area is 217 Å². The van der Waals surface area contributed by atoms with Crippen LogP contribution < -0.4 is 19.7 Å². The van der Waals surface area contributed by atoms with E-state index in [9.17, 15) is 9.18 Å². The Kier molecular flexibility index (Phi) is 6.38. The van der Waals surface area contributed by atoms with Crippen LogP contribution in [0.5, 0.6) is 11.5 Å². The first kappa shape index (κ1) is 23.9. The van der Waals surface area contributed by atoms with Crippen molar-refractivity contribution in [2.75, 3.05) is 30.7 Å². The minimum Gasteiger partial charge on any atom is -0.454 e. The molecule has 0 spiro atoms. The molecule has 2 aromatic heterocycles. The lowest BCUT2D eigenvalue weighted by Gasteiger charge is -2.19. The first-order valence-corrected chi connectivity index (χ1v) is 12.2. The third kappa shape index (κ3) is 4.90. The van der Waals surface area contributed by atoms with E-state index in [-0.39, 0.29) is 31.5 Å². The molecule has 4 heterocycles. The topological polar surface area (TPSA) is 113 Å². The molecule has 1 unspecified atom stereocenters. The van der Waals surface area contributed by atoms with Gasteiger partial charge in [-0.2, -0.15) is 0 Å². The van der Waals surface area contributed by atoms with Gasteiger partial charge in [0.05, 0.1) is 12.4 Å². The van der Waals surface area contributed by atoms with E-state index in [1.165, 1.54) is 18.5 Å². The fourth-order valence-corrected chi connectivity index (χ4v) is 4.62. The van der Waals surface area contributed by atoms with Crippen molar-refractivity contribution >= 4 is 28.8 Å². The molecular weight excluding hydrogens is 495 g/mol. The second kappa shape index (κ2) is 10.1. The van der Waals surface area contributed by atoms with Crippen molar-refractivity contribution in [1.82, 2.24) is 19.5 Å². The molecule has 0 radical (unpaired) electrons. The summed E-state index contributed by atoms with van der Waals surface area (Å²) in [6.07, 6.45) is 3.43. The molecule has 38 heavy (non-hydrogen) atoms. The highest BCUT2D eigenvalue weighted by atomic mass is 19.1. The molecular formula is C26H25FN6O5. The molecule has 11 nitrogen and oxygen atoms in total. The molecule has 2 aromatic carbocycles. The number of aromatic nitrogens is 4. The first-order chi connectivity index (χ1) is 18.5. The zero-order chi connectivity index (χ0) is 26.1. The van der Waals surface area contributed by atoms with Crippen LogP contribution in [0.3, 0.4) is 0 Å². The van der Waals surface area contributed by atoms with E-state index in [0.29, 0.717) is 53.6 Å². The molecule has 4 aromatic rings. The van der Waals surface area contributed by atoms with Crippen LogP contribution in [0.15, 0.2) is 55.1 Å².